The number of hydrogen-bond acceptors (Lipinski definition) is 10. The van der Waals surface area contributed by atoms with E-state index >= 15 is 0 Å². The summed E-state index contributed by atoms with van der Waals surface area (Å²) in [5.41, 5.74) is -2.64. The fourth-order valence-electron chi connectivity index (χ4n) is 3.27. The number of rotatable bonds is 11. The fourth-order valence-corrected chi connectivity index (χ4v) is 4.93. The molecule has 0 aliphatic heterocycles. The summed E-state index contributed by atoms with van der Waals surface area (Å²) in [5.74, 6) is 0. The molecule has 0 saturated heterocycles. The summed E-state index contributed by atoms with van der Waals surface area (Å²) >= 11 is 0. The average Bonchev–Trinajstić information content (AvgIpc) is 2.83. The third-order valence-electron chi connectivity index (χ3n) is 4.87. The van der Waals surface area contributed by atoms with E-state index in [2.05, 4.69) is 0 Å². The molecule has 0 N–H and O–H groups in total. The number of benzene rings is 3. The Labute approximate surface area is 197 Å². The van der Waals surface area contributed by atoms with Gasteiger partial charge in [-0.1, -0.05) is 30.3 Å². The van der Waals surface area contributed by atoms with Crippen molar-refractivity contribution < 1.29 is 28.5 Å². The molecule has 3 aromatic rings. The van der Waals surface area contributed by atoms with Gasteiger partial charge in [-0.15, -0.1) is 0 Å². The largest absolute Gasteiger partial charge is 0.388 e. The van der Waals surface area contributed by atoms with Crippen LogP contribution in [0.15, 0.2) is 66.7 Å². The third-order valence-corrected chi connectivity index (χ3v) is 6.74. The van der Waals surface area contributed by atoms with Crippen LogP contribution in [0.4, 0.5) is 22.7 Å². The second kappa shape index (κ2) is 11.0. The van der Waals surface area contributed by atoms with Crippen LogP contribution in [0.1, 0.15) is 11.1 Å². The van der Waals surface area contributed by atoms with Gasteiger partial charge in [0.15, 0.2) is 0 Å². The smallest absolute Gasteiger partial charge is 0.356 e. The van der Waals surface area contributed by atoms with Crippen LogP contribution in [-0.4, -0.2) is 29.0 Å². The van der Waals surface area contributed by atoms with Crippen LogP contribution in [0.2, 0.25) is 0 Å². The first kappa shape index (κ1) is 25.0. The first-order chi connectivity index (χ1) is 16.7. The second-order valence-electron chi connectivity index (χ2n) is 6.94. The summed E-state index contributed by atoms with van der Waals surface area (Å²) in [6.07, 6.45) is 0. The Balaban J connectivity index is 1.95. The molecule has 0 atom stereocenters. The molecule has 0 heterocycles. The molecule has 0 aromatic heterocycles. The first-order valence-corrected chi connectivity index (χ1v) is 11.3. The fraction of sp³-hybridized carbons (Fsp3) is 0.100. The van der Waals surface area contributed by atoms with Crippen LogP contribution >= 0.6 is 0 Å². The SMILES string of the molecule is O=[N+]([O-])c1cccc([N+](=O)[O-])c1CO[SiH](OCc1c([N+](=O)[O-])cccc1[N+](=O)[O-])c1ccccc1. The molecular formula is C20H16N4O10Si. The maximum Gasteiger partial charge on any atom is 0.356 e. The van der Waals surface area contributed by atoms with E-state index in [9.17, 15) is 40.5 Å². The van der Waals surface area contributed by atoms with Gasteiger partial charge in [-0.2, -0.15) is 0 Å². The molecule has 3 rings (SSSR count). The second-order valence-corrected chi connectivity index (χ2v) is 8.94. The molecule has 0 fully saturated rings. The molecule has 3 aromatic carbocycles. The predicted octanol–water partition coefficient (Wildman–Crippen LogP) is 3.18. The molecule has 0 aliphatic carbocycles. The van der Waals surface area contributed by atoms with E-state index in [0.717, 1.165) is 24.3 Å². The summed E-state index contributed by atoms with van der Waals surface area (Å²) in [6.45, 7) is -1.11. The minimum Gasteiger partial charge on any atom is -0.388 e. The summed E-state index contributed by atoms with van der Waals surface area (Å²) in [4.78, 5) is 42.5. The molecule has 180 valence electrons. The topological polar surface area (TPSA) is 191 Å². The van der Waals surface area contributed by atoms with Crippen molar-refractivity contribution in [3.63, 3.8) is 0 Å². The van der Waals surface area contributed by atoms with Crippen LogP contribution < -0.4 is 5.19 Å². The van der Waals surface area contributed by atoms with E-state index in [0.29, 0.717) is 5.19 Å². The highest BCUT2D eigenvalue weighted by molar-refractivity contribution is 6.61. The standard InChI is InChI=1S/C20H16N4O10Si/c25-21(26)17-8-4-9-18(22(27)28)15(17)12-33-35(14-6-2-1-3-7-14)34-13-16-19(23(29)30)10-5-11-20(16)24(31)32/h1-11,35H,12-13H2. The molecule has 14 nitrogen and oxygen atoms in total. The van der Waals surface area contributed by atoms with E-state index in [-0.39, 0.29) is 11.1 Å². The third kappa shape index (κ3) is 5.85. The quantitative estimate of drug-likeness (QED) is 0.214. The zero-order valence-electron chi connectivity index (χ0n) is 17.7. The Kier molecular flexibility index (Phi) is 7.87. The van der Waals surface area contributed by atoms with Crippen molar-refractivity contribution in [3.05, 3.63) is 118 Å². The van der Waals surface area contributed by atoms with Crippen molar-refractivity contribution in [1.29, 1.82) is 0 Å². The lowest BCUT2D eigenvalue weighted by atomic mass is 10.1. The highest BCUT2D eigenvalue weighted by atomic mass is 28.3. The summed E-state index contributed by atoms with van der Waals surface area (Å²) in [7, 11) is -3.03. The molecule has 0 bridgehead atoms. The van der Waals surface area contributed by atoms with E-state index in [4.69, 9.17) is 8.85 Å². The van der Waals surface area contributed by atoms with Crippen molar-refractivity contribution >= 4 is 37.2 Å². The number of nitro benzene ring substituents is 4. The van der Waals surface area contributed by atoms with E-state index < -0.39 is 64.9 Å². The molecule has 35 heavy (non-hydrogen) atoms. The van der Waals surface area contributed by atoms with Crippen LogP contribution in [0.3, 0.4) is 0 Å². The van der Waals surface area contributed by atoms with Gasteiger partial charge < -0.3 is 8.85 Å². The van der Waals surface area contributed by atoms with Crippen LogP contribution in [0.25, 0.3) is 0 Å². The Bertz CT molecular complexity index is 1140. The average molecular weight is 500 g/mol. The Morgan fingerprint density at radius 2 is 0.886 bits per heavy atom. The summed E-state index contributed by atoms with van der Waals surface area (Å²) in [5, 5.41) is 46.1. The summed E-state index contributed by atoms with van der Waals surface area (Å²) in [6, 6.07) is 15.0. The van der Waals surface area contributed by atoms with Gasteiger partial charge in [0.25, 0.3) is 22.7 Å². The maximum absolute atomic E-state index is 11.4. The molecule has 0 aliphatic rings. The lowest BCUT2D eigenvalue weighted by Gasteiger charge is -2.17. The number of nitro groups is 4. The zero-order valence-corrected chi connectivity index (χ0v) is 18.9. The van der Waals surface area contributed by atoms with Crippen LogP contribution in [0.5, 0.6) is 0 Å². The molecule has 0 amide bonds. The van der Waals surface area contributed by atoms with Gasteiger partial charge in [-0.3, -0.25) is 40.5 Å². The zero-order chi connectivity index (χ0) is 25.5. The van der Waals surface area contributed by atoms with Crippen LogP contribution in [0, 0.1) is 40.5 Å². The highest BCUT2D eigenvalue weighted by Crippen LogP contribution is 2.31. The molecular weight excluding hydrogens is 484 g/mol. The van der Waals surface area contributed by atoms with Gasteiger partial charge in [0.1, 0.15) is 11.1 Å². The normalized spacial score (nSPS) is 10.8. The van der Waals surface area contributed by atoms with Gasteiger partial charge in [0.2, 0.25) is 0 Å². The minimum atomic E-state index is -3.03. The van der Waals surface area contributed by atoms with E-state index in [1.54, 1.807) is 30.3 Å². The van der Waals surface area contributed by atoms with E-state index in [1.165, 1.54) is 12.1 Å². The molecule has 0 radical (unpaired) electrons. The van der Waals surface area contributed by atoms with Gasteiger partial charge in [-0.25, -0.2) is 0 Å². The van der Waals surface area contributed by atoms with Crippen molar-refractivity contribution in [2.75, 3.05) is 0 Å². The van der Waals surface area contributed by atoms with E-state index in [1.807, 2.05) is 0 Å². The van der Waals surface area contributed by atoms with Gasteiger partial charge in [-0.05, 0) is 17.3 Å². The first-order valence-electron chi connectivity index (χ1n) is 9.80. The Hall–Kier alpha value is -4.60. The van der Waals surface area contributed by atoms with Crippen molar-refractivity contribution in [1.82, 2.24) is 0 Å². The van der Waals surface area contributed by atoms with Crippen molar-refractivity contribution in [2.24, 2.45) is 0 Å². The Morgan fingerprint density at radius 3 is 1.20 bits per heavy atom. The van der Waals surface area contributed by atoms with Gasteiger partial charge in [0.05, 0.1) is 32.9 Å². The number of nitrogens with zero attached hydrogens (tertiary/aromatic N) is 4. The van der Waals surface area contributed by atoms with Crippen LogP contribution in [-0.2, 0) is 22.1 Å². The minimum absolute atomic E-state index is 0.281. The monoisotopic (exact) mass is 500 g/mol. The van der Waals surface area contributed by atoms with Crippen molar-refractivity contribution in [3.8, 4) is 0 Å². The lowest BCUT2D eigenvalue weighted by molar-refractivity contribution is -0.396. The molecule has 0 saturated carbocycles. The Morgan fingerprint density at radius 1 is 0.543 bits per heavy atom. The highest BCUT2D eigenvalue weighted by Gasteiger charge is 2.29. The maximum atomic E-state index is 11.4. The lowest BCUT2D eigenvalue weighted by Crippen LogP contribution is -2.36. The summed E-state index contributed by atoms with van der Waals surface area (Å²) < 4.78 is 11.6. The molecule has 0 unspecified atom stereocenters. The molecule has 15 heteroatoms. The molecule has 0 spiro atoms. The number of hydrogen-bond donors (Lipinski definition) is 0. The van der Waals surface area contributed by atoms with Gasteiger partial charge >= 0.3 is 9.28 Å². The van der Waals surface area contributed by atoms with Crippen molar-refractivity contribution in [2.45, 2.75) is 13.2 Å². The van der Waals surface area contributed by atoms with Gasteiger partial charge in [0, 0.05) is 24.3 Å². The predicted molar refractivity (Wildman–Crippen MR) is 122 cm³/mol.